The number of aliphatic hydroxyl groups excluding tert-OH is 1. The van der Waals surface area contributed by atoms with Gasteiger partial charge in [-0.25, -0.2) is 9.97 Å². The van der Waals surface area contributed by atoms with Crippen LogP contribution in [-0.2, 0) is 10.9 Å². The highest BCUT2D eigenvalue weighted by Gasteiger charge is 2.35. The molecule has 0 amide bonds. The van der Waals surface area contributed by atoms with E-state index in [-0.39, 0.29) is 30.8 Å². The molecule has 1 fully saturated rings. The number of ether oxygens (including phenoxy) is 1. The first-order valence-corrected chi connectivity index (χ1v) is 7.74. The number of hydrogen-bond donors (Lipinski definition) is 1. The number of halogens is 3. The molecule has 0 spiro atoms. The molecular weight excluding hydrogens is 337 g/mol. The Balaban J connectivity index is 2.06. The third-order valence-corrected chi connectivity index (χ3v) is 3.93. The van der Waals surface area contributed by atoms with Crippen LogP contribution in [0.15, 0.2) is 30.6 Å². The molecule has 0 saturated carbocycles. The van der Waals surface area contributed by atoms with Crippen LogP contribution in [0.1, 0.15) is 12.6 Å². The predicted octanol–water partition coefficient (Wildman–Crippen LogP) is 2.14. The molecule has 1 aliphatic heterocycles. The molecule has 2 aromatic heterocycles. The SMILES string of the molecule is C[C@@H]1CO[C@H](CO)CN1c1cc(C(F)(F)F)nc(-c2cccnc2)n1. The maximum Gasteiger partial charge on any atom is 0.433 e. The van der Waals surface area contributed by atoms with Crippen molar-refractivity contribution in [2.24, 2.45) is 0 Å². The van der Waals surface area contributed by atoms with Gasteiger partial charge in [0.05, 0.1) is 25.4 Å². The lowest BCUT2D eigenvalue weighted by atomic mass is 10.2. The van der Waals surface area contributed by atoms with E-state index in [0.717, 1.165) is 6.07 Å². The normalized spacial score (nSPS) is 21.4. The fraction of sp³-hybridized carbons (Fsp3) is 0.438. The molecule has 0 radical (unpaired) electrons. The number of aromatic nitrogens is 3. The van der Waals surface area contributed by atoms with Crippen molar-refractivity contribution in [3.05, 3.63) is 36.3 Å². The summed E-state index contributed by atoms with van der Waals surface area (Å²) in [5.74, 6) is 0.104. The van der Waals surface area contributed by atoms with Crippen LogP contribution >= 0.6 is 0 Å². The highest BCUT2D eigenvalue weighted by molar-refractivity contribution is 5.57. The third-order valence-electron chi connectivity index (χ3n) is 3.93. The van der Waals surface area contributed by atoms with E-state index in [0.29, 0.717) is 12.2 Å². The maximum absolute atomic E-state index is 13.3. The lowest BCUT2D eigenvalue weighted by Gasteiger charge is -2.38. The molecule has 1 N–H and O–H groups in total. The van der Waals surface area contributed by atoms with E-state index in [4.69, 9.17) is 4.74 Å². The van der Waals surface area contributed by atoms with Gasteiger partial charge in [-0.3, -0.25) is 4.98 Å². The van der Waals surface area contributed by atoms with Crippen molar-refractivity contribution in [3.8, 4) is 11.4 Å². The summed E-state index contributed by atoms with van der Waals surface area (Å²) in [6.07, 6.45) is -2.13. The standard InChI is InChI=1S/C16H17F3N4O2/c1-10-9-25-12(8-24)7-23(10)14-5-13(16(17,18)19)21-15(22-14)11-3-2-4-20-6-11/h2-6,10,12,24H,7-9H2,1H3/t10-,12+/m1/s1. The summed E-state index contributed by atoms with van der Waals surface area (Å²) in [5, 5.41) is 9.29. The molecule has 3 heterocycles. The molecule has 9 heteroatoms. The number of aliphatic hydroxyl groups is 1. The van der Waals surface area contributed by atoms with Crippen LogP contribution in [-0.4, -0.2) is 52.0 Å². The highest BCUT2D eigenvalue weighted by atomic mass is 19.4. The second kappa shape index (κ2) is 6.93. The fourth-order valence-electron chi connectivity index (χ4n) is 2.60. The molecule has 0 aliphatic carbocycles. The topological polar surface area (TPSA) is 71.4 Å². The van der Waals surface area contributed by atoms with Gasteiger partial charge in [-0.2, -0.15) is 13.2 Å². The number of hydrogen-bond acceptors (Lipinski definition) is 6. The third kappa shape index (κ3) is 3.88. The average molecular weight is 354 g/mol. The van der Waals surface area contributed by atoms with Crippen LogP contribution < -0.4 is 4.90 Å². The van der Waals surface area contributed by atoms with E-state index in [1.807, 2.05) is 6.92 Å². The summed E-state index contributed by atoms with van der Waals surface area (Å²) < 4.78 is 45.3. The molecule has 2 atom stereocenters. The van der Waals surface area contributed by atoms with Crippen LogP contribution in [0.25, 0.3) is 11.4 Å². The van der Waals surface area contributed by atoms with E-state index in [9.17, 15) is 18.3 Å². The number of nitrogens with zero attached hydrogens (tertiary/aromatic N) is 4. The first kappa shape index (κ1) is 17.6. The molecule has 0 aromatic carbocycles. The summed E-state index contributed by atoms with van der Waals surface area (Å²) in [6, 6.07) is 3.96. The van der Waals surface area contributed by atoms with Crippen LogP contribution in [0.4, 0.5) is 19.0 Å². The van der Waals surface area contributed by atoms with Gasteiger partial charge in [-0.15, -0.1) is 0 Å². The molecule has 2 aromatic rings. The summed E-state index contributed by atoms with van der Waals surface area (Å²) >= 11 is 0. The van der Waals surface area contributed by atoms with Crippen molar-refractivity contribution >= 4 is 5.82 Å². The summed E-state index contributed by atoms with van der Waals surface area (Å²) in [6.45, 7) is 2.15. The lowest BCUT2D eigenvalue weighted by Crippen LogP contribution is -2.50. The molecule has 134 valence electrons. The van der Waals surface area contributed by atoms with E-state index >= 15 is 0 Å². The first-order valence-electron chi connectivity index (χ1n) is 7.74. The van der Waals surface area contributed by atoms with Crippen LogP contribution in [0.2, 0.25) is 0 Å². The Morgan fingerprint density at radius 3 is 2.80 bits per heavy atom. The average Bonchev–Trinajstić information content (AvgIpc) is 2.62. The molecule has 0 bridgehead atoms. The van der Waals surface area contributed by atoms with Gasteiger partial charge < -0.3 is 14.7 Å². The number of rotatable bonds is 3. The lowest BCUT2D eigenvalue weighted by molar-refractivity contribution is -0.141. The Morgan fingerprint density at radius 2 is 2.16 bits per heavy atom. The van der Waals surface area contributed by atoms with Gasteiger partial charge in [-0.1, -0.05) is 0 Å². The Bertz CT molecular complexity index is 727. The minimum Gasteiger partial charge on any atom is -0.394 e. The quantitative estimate of drug-likeness (QED) is 0.911. The van der Waals surface area contributed by atoms with Crippen LogP contribution in [0.5, 0.6) is 0 Å². The Hall–Kier alpha value is -2.26. The van der Waals surface area contributed by atoms with Crippen molar-refractivity contribution in [1.29, 1.82) is 0 Å². The van der Waals surface area contributed by atoms with Gasteiger partial charge in [-0.05, 0) is 19.1 Å². The van der Waals surface area contributed by atoms with E-state index in [2.05, 4.69) is 15.0 Å². The second-order valence-corrected chi connectivity index (χ2v) is 5.81. The summed E-state index contributed by atoms with van der Waals surface area (Å²) in [5.41, 5.74) is -0.620. The van der Waals surface area contributed by atoms with Crippen molar-refractivity contribution in [3.63, 3.8) is 0 Å². The van der Waals surface area contributed by atoms with Gasteiger partial charge in [0.25, 0.3) is 0 Å². The Kier molecular flexibility index (Phi) is 4.87. The summed E-state index contributed by atoms with van der Waals surface area (Å²) in [4.78, 5) is 13.6. The highest BCUT2D eigenvalue weighted by Crippen LogP contribution is 2.32. The van der Waals surface area contributed by atoms with E-state index < -0.39 is 18.0 Å². The monoisotopic (exact) mass is 354 g/mol. The molecule has 6 nitrogen and oxygen atoms in total. The van der Waals surface area contributed by atoms with Crippen LogP contribution in [0, 0.1) is 0 Å². The van der Waals surface area contributed by atoms with Gasteiger partial charge in [0.1, 0.15) is 5.82 Å². The minimum absolute atomic E-state index is 0.0443. The Morgan fingerprint density at radius 1 is 1.36 bits per heavy atom. The van der Waals surface area contributed by atoms with Crippen LogP contribution in [0.3, 0.4) is 0 Å². The number of alkyl halides is 3. The molecule has 1 saturated heterocycles. The van der Waals surface area contributed by atoms with Gasteiger partial charge in [0, 0.05) is 30.6 Å². The Labute approximate surface area is 142 Å². The van der Waals surface area contributed by atoms with Crippen molar-refractivity contribution in [2.75, 3.05) is 24.7 Å². The zero-order valence-corrected chi connectivity index (χ0v) is 13.4. The maximum atomic E-state index is 13.3. The molecule has 1 aliphatic rings. The number of morpholine rings is 1. The van der Waals surface area contributed by atoms with E-state index in [1.165, 1.54) is 12.4 Å². The van der Waals surface area contributed by atoms with Gasteiger partial charge in [0.15, 0.2) is 11.5 Å². The molecular formula is C16H17F3N4O2. The second-order valence-electron chi connectivity index (χ2n) is 5.81. The summed E-state index contributed by atoms with van der Waals surface area (Å²) in [7, 11) is 0. The first-order chi connectivity index (χ1) is 11.9. The molecule has 3 rings (SSSR count). The van der Waals surface area contributed by atoms with E-state index in [1.54, 1.807) is 17.0 Å². The minimum atomic E-state index is -4.60. The zero-order chi connectivity index (χ0) is 18.0. The number of pyridine rings is 1. The van der Waals surface area contributed by atoms with Gasteiger partial charge in [0.2, 0.25) is 0 Å². The molecule has 25 heavy (non-hydrogen) atoms. The largest absolute Gasteiger partial charge is 0.433 e. The molecule has 0 unspecified atom stereocenters. The van der Waals surface area contributed by atoms with Crippen molar-refractivity contribution in [1.82, 2.24) is 15.0 Å². The van der Waals surface area contributed by atoms with Crippen molar-refractivity contribution in [2.45, 2.75) is 25.2 Å². The zero-order valence-electron chi connectivity index (χ0n) is 13.4. The smallest absolute Gasteiger partial charge is 0.394 e. The van der Waals surface area contributed by atoms with Crippen molar-refractivity contribution < 1.29 is 23.0 Å². The predicted molar refractivity (Wildman–Crippen MR) is 83.9 cm³/mol. The fourth-order valence-corrected chi connectivity index (χ4v) is 2.60. The number of anilines is 1. The van der Waals surface area contributed by atoms with Gasteiger partial charge >= 0.3 is 6.18 Å².